The molecule has 0 saturated heterocycles. The van der Waals surface area contributed by atoms with E-state index < -0.39 is 10.2 Å². The van der Waals surface area contributed by atoms with Crippen LogP contribution in [0.3, 0.4) is 0 Å². The maximum atomic E-state index is 12.0. The first kappa shape index (κ1) is 14.9. The van der Waals surface area contributed by atoms with Crippen LogP contribution in [-0.4, -0.2) is 43.6 Å². The summed E-state index contributed by atoms with van der Waals surface area (Å²) in [4.78, 5) is 0. The predicted octanol–water partition coefficient (Wildman–Crippen LogP) is 0.858. The Balaban J connectivity index is 2.58. The normalized spacial score (nSPS) is 20.7. The maximum Gasteiger partial charge on any atom is 0.279 e. The summed E-state index contributed by atoms with van der Waals surface area (Å²) < 4.78 is 28.2. The molecule has 0 unspecified atom stereocenters. The Hall–Kier alpha value is -0.170. The first-order valence-corrected chi connectivity index (χ1v) is 7.70. The van der Waals surface area contributed by atoms with Crippen molar-refractivity contribution in [1.29, 1.82) is 0 Å². The van der Waals surface area contributed by atoms with Gasteiger partial charge in [-0.1, -0.05) is 19.3 Å². The predicted molar refractivity (Wildman–Crippen MR) is 67.9 cm³/mol. The number of hydrogen-bond acceptors (Lipinski definition) is 3. The Morgan fingerprint density at radius 2 is 1.88 bits per heavy atom. The Morgan fingerprint density at radius 3 is 2.41 bits per heavy atom. The highest BCUT2D eigenvalue weighted by atomic mass is 32.2. The van der Waals surface area contributed by atoms with Crippen molar-refractivity contribution < 1.29 is 13.5 Å². The van der Waals surface area contributed by atoms with E-state index >= 15 is 0 Å². The molecule has 102 valence electrons. The van der Waals surface area contributed by atoms with Crippen LogP contribution >= 0.6 is 0 Å². The van der Waals surface area contributed by atoms with Crippen LogP contribution < -0.4 is 4.72 Å². The first-order valence-electron chi connectivity index (χ1n) is 6.26. The van der Waals surface area contributed by atoms with Gasteiger partial charge in [0.25, 0.3) is 10.2 Å². The van der Waals surface area contributed by atoms with Crippen molar-refractivity contribution in [3.63, 3.8) is 0 Å². The maximum absolute atomic E-state index is 12.0. The van der Waals surface area contributed by atoms with Crippen molar-refractivity contribution in [1.82, 2.24) is 9.03 Å². The van der Waals surface area contributed by atoms with E-state index in [9.17, 15) is 8.42 Å². The number of hydrogen-bond donors (Lipinski definition) is 2. The molecule has 0 atom stereocenters. The molecule has 1 saturated carbocycles. The molecular formula is C11H24N2O3S. The second-order valence-electron chi connectivity index (χ2n) is 5.13. The molecule has 0 aromatic heterocycles. The smallest absolute Gasteiger partial charge is 0.279 e. The fourth-order valence-electron chi connectivity index (χ4n) is 2.24. The monoisotopic (exact) mass is 264 g/mol. The molecule has 0 aliphatic heterocycles. The van der Waals surface area contributed by atoms with Gasteiger partial charge in [0.1, 0.15) is 0 Å². The Kier molecular flexibility index (Phi) is 5.37. The minimum absolute atomic E-state index is 0.0110. The highest BCUT2D eigenvalue weighted by Gasteiger charge is 2.32. The van der Waals surface area contributed by atoms with E-state index in [0.717, 1.165) is 25.7 Å². The molecule has 0 bridgehead atoms. The average Bonchev–Trinajstić information content (AvgIpc) is 2.25. The molecule has 1 aliphatic carbocycles. The van der Waals surface area contributed by atoms with E-state index in [4.69, 9.17) is 5.11 Å². The van der Waals surface area contributed by atoms with Crippen molar-refractivity contribution in [2.24, 2.45) is 0 Å². The number of rotatable bonds is 6. The van der Waals surface area contributed by atoms with Gasteiger partial charge in [0.05, 0.1) is 0 Å². The standard InChI is InChI=1S/C11H24N2O3S/c1-11(7-4-3-5-8-11)12-17(15,16)13(2)9-6-10-14/h12,14H,3-10H2,1-2H3. The van der Waals surface area contributed by atoms with Gasteiger partial charge in [-0.25, -0.2) is 0 Å². The topological polar surface area (TPSA) is 69.6 Å². The Morgan fingerprint density at radius 1 is 1.29 bits per heavy atom. The molecule has 0 heterocycles. The molecule has 2 N–H and O–H groups in total. The van der Waals surface area contributed by atoms with Crippen molar-refractivity contribution in [2.45, 2.75) is 51.0 Å². The van der Waals surface area contributed by atoms with Gasteiger partial charge in [0.15, 0.2) is 0 Å². The summed E-state index contributed by atoms with van der Waals surface area (Å²) in [6, 6.07) is 0. The lowest BCUT2D eigenvalue weighted by Crippen LogP contribution is -2.52. The van der Waals surface area contributed by atoms with E-state index in [1.165, 1.54) is 10.7 Å². The van der Waals surface area contributed by atoms with Crippen LogP contribution in [0.4, 0.5) is 0 Å². The molecule has 6 heteroatoms. The first-order chi connectivity index (χ1) is 7.90. The highest BCUT2D eigenvalue weighted by molar-refractivity contribution is 7.87. The summed E-state index contributed by atoms with van der Waals surface area (Å²) in [5.74, 6) is 0. The van der Waals surface area contributed by atoms with Gasteiger partial charge < -0.3 is 5.11 Å². The van der Waals surface area contributed by atoms with E-state index in [-0.39, 0.29) is 12.1 Å². The molecule has 0 aromatic carbocycles. The van der Waals surface area contributed by atoms with Gasteiger partial charge in [0, 0.05) is 25.7 Å². The van der Waals surface area contributed by atoms with Gasteiger partial charge in [0.2, 0.25) is 0 Å². The quantitative estimate of drug-likeness (QED) is 0.747. The van der Waals surface area contributed by atoms with Crippen LogP contribution in [0.5, 0.6) is 0 Å². The lowest BCUT2D eigenvalue weighted by atomic mass is 9.84. The molecule has 0 aromatic rings. The third-order valence-corrected chi connectivity index (χ3v) is 5.13. The second kappa shape index (κ2) is 6.13. The molecule has 17 heavy (non-hydrogen) atoms. The molecule has 5 nitrogen and oxygen atoms in total. The summed E-state index contributed by atoms with van der Waals surface area (Å²) in [6.45, 7) is 2.34. The minimum atomic E-state index is -3.42. The van der Waals surface area contributed by atoms with Gasteiger partial charge in [-0.2, -0.15) is 17.4 Å². The lowest BCUT2D eigenvalue weighted by Gasteiger charge is -2.35. The molecule has 0 amide bonds. The molecule has 1 aliphatic rings. The molecule has 1 fully saturated rings. The summed E-state index contributed by atoms with van der Waals surface area (Å²) in [5.41, 5.74) is -0.301. The van der Waals surface area contributed by atoms with Crippen LogP contribution in [0.25, 0.3) is 0 Å². The van der Waals surface area contributed by atoms with E-state index in [1.807, 2.05) is 6.92 Å². The zero-order chi connectivity index (χ0) is 12.9. The zero-order valence-corrected chi connectivity index (χ0v) is 11.6. The SMILES string of the molecule is CN(CCCO)S(=O)(=O)NC1(C)CCCCC1. The van der Waals surface area contributed by atoms with Gasteiger partial charge in [-0.15, -0.1) is 0 Å². The average molecular weight is 264 g/mol. The number of nitrogens with zero attached hydrogens (tertiary/aromatic N) is 1. The summed E-state index contributed by atoms with van der Waals surface area (Å²) in [7, 11) is -1.87. The zero-order valence-electron chi connectivity index (χ0n) is 10.8. The fourth-order valence-corrected chi connectivity index (χ4v) is 3.59. The van der Waals surface area contributed by atoms with Crippen molar-refractivity contribution in [3.8, 4) is 0 Å². The van der Waals surface area contributed by atoms with E-state index in [0.29, 0.717) is 13.0 Å². The number of aliphatic hydroxyl groups excluding tert-OH is 1. The van der Waals surface area contributed by atoms with Crippen molar-refractivity contribution in [3.05, 3.63) is 0 Å². The van der Waals surface area contributed by atoms with Crippen LogP contribution in [0.2, 0.25) is 0 Å². The second-order valence-corrected chi connectivity index (χ2v) is 6.90. The third kappa shape index (κ3) is 4.54. The van der Waals surface area contributed by atoms with Gasteiger partial charge in [-0.05, 0) is 26.2 Å². The van der Waals surface area contributed by atoms with Crippen LogP contribution in [-0.2, 0) is 10.2 Å². The lowest BCUT2D eigenvalue weighted by molar-refractivity contribution is 0.268. The molecular weight excluding hydrogens is 240 g/mol. The fraction of sp³-hybridized carbons (Fsp3) is 1.00. The Labute approximate surface area is 104 Å². The third-order valence-electron chi connectivity index (χ3n) is 3.37. The molecule has 0 radical (unpaired) electrons. The Bertz CT molecular complexity index is 324. The summed E-state index contributed by atoms with van der Waals surface area (Å²) in [5, 5.41) is 8.71. The molecule has 1 rings (SSSR count). The van der Waals surface area contributed by atoms with Crippen molar-refractivity contribution in [2.75, 3.05) is 20.2 Å². The summed E-state index contributed by atoms with van der Waals surface area (Å²) in [6.07, 6.45) is 5.63. The largest absolute Gasteiger partial charge is 0.396 e. The number of aliphatic hydroxyl groups is 1. The van der Waals surface area contributed by atoms with Gasteiger partial charge >= 0.3 is 0 Å². The van der Waals surface area contributed by atoms with Crippen LogP contribution in [0.15, 0.2) is 0 Å². The van der Waals surface area contributed by atoms with Gasteiger partial charge in [-0.3, -0.25) is 0 Å². The van der Waals surface area contributed by atoms with Crippen LogP contribution in [0.1, 0.15) is 45.4 Å². The number of nitrogens with one attached hydrogen (secondary N) is 1. The van der Waals surface area contributed by atoms with Crippen molar-refractivity contribution >= 4 is 10.2 Å². The van der Waals surface area contributed by atoms with E-state index in [2.05, 4.69) is 4.72 Å². The molecule has 0 spiro atoms. The van der Waals surface area contributed by atoms with E-state index in [1.54, 1.807) is 7.05 Å². The van der Waals surface area contributed by atoms with Crippen LogP contribution in [0, 0.1) is 0 Å². The minimum Gasteiger partial charge on any atom is -0.396 e. The summed E-state index contributed by atoms with van der Waals surface area (Å²) >= 11 is 0. The highest BCUT2D eigenvalue weighted by Crippen LogP contribution is 2.28.